The van der Waals surface area contributed by atoms with Gasteiger partial charge >= 0.3 is 0 Å². The van der Waals surface area contributed by atoms with Crippen LogP contribution in [0.4, 0.5) is 51.2 Å². The molecule has 15 nitrogen and oxygen atoms in total. The molecule has 0 saturated heterocycles. The van der Waals surface area contributed by atoms with E-state index < -0.39 is 10.1 Å². The van der Waals surface area contributed by atoms with E-state index in [9.17, 15) is 23.2 Å². The molecule has 0 fully saturated rings. The quantitative estimate of drug-likeness (QED) is 0.0613. The van der Waals surface area contributed by atoms with Gasteiger partial charge in [0, 0.05) is 29.2 Å². The first-order chi connectivity index (χ1) is 29.5. The number of phenolic OH excluding ortho intramolecular Hbond substituents is 1. The monoisotopic (exact) mass is 833 g/mol. The Morgan fingerprint density at radius 1 is 0.590 bits per heavy atom. The average Bonchev–Trinajstić information content (AvgIpc) is 3.26. The van der Waals surface area contributed by atoms with E-state index in [1.54, 1.807) is 67.6 Å². The van der Waals surface area contributed by atoms with Crippen molar-refractivity contribution in [3.05, 3.63) is 156 Å². The minimum Gasteiger partial charge on any atom is -0.505 e. The maximum Gasteiger partial charge on any atom is 0.296 e. The molecule has 0 radical (unpaired) electrons. The van der Waals surface area contributed by atoms with Gasteiger partial charge in [-0.05, 0) is 115 Å². The molecule has 0 aromatic heterocycles. The minimum atomic E-state index is -4.46. The number of azo groups is 4. The number of nitrogens with one attached hydrogen (secondary N) is 1. The Morgan fingerprint density at radius 2 is 1.18 bits per heavy atom. The van der Waals surface area contributed by atoms with E-state index in [2.05, 4.69) is 58.4 Å². The number of methoxy groups -OCH3 is 1. The zero-order chi connectivity index (χ0) is 42.9. The molecular formula is C45H39N9O6S. The Hall–Kier alpha value is -7.53. The second kappa shape index (κ2) is 18.6. The van der Waals surface area contributed by atoms with Gasteiger partial charge in [0.15, 0.2) is 5.75 Å². The summed E-state index contributed by atoms with van der Waals surface area (Å²) in [6.45, 7) is 3.99. The SMILES string of the molecule is COc1cc(N=Nc2ccc(N=Nc3ccc(N=Nc4ccccc4S(=O)(=O)O)c(C)c3)c(C)c2)c(CO)cc1N=Nc1ccc2cc(NCc3ccccc3)ccc2c1O. The number of aliphatic hydroxyl groups excluding tert-OH is 1. The Bertz CT molecular complexity index is 2970. The van der Waals surface area contributed by atoms with Crippen LogP contribution in [0.25, 0.3) is 10.8 Å². The summed E-state index contributed by atoms with van der Waals surface area (Å²) in [4.78, 5) is -0.336. The van der Waals surface area contributed by atoms with Crippen LogP contribution in [-0.2, 0) is 23.3 Å². The topological polar surface area (TPSA) is 215 Å². The van der Waals surface area contributed by atoms with Crippen LogP contribution in [0.5, 0.6) is 11.5 Å². The number of phenols is 1. The van der Waals surface area contributed by atoms with Crippen LogP contribution in [0.15, 0.2) is 179 Å². The number of rotatable bonds is 14. The molecule has 0 spiro atoms. The van der Waals surface area contributed by atoms with Gasteiger partial charge in [0.25, 0.3) is 10.1 Å². The van der Waals surface area contributed by atoms with Crippen molar-refractivity contribution in [2.75, 3.05) is 12.4 Å². The fourth-order valence-corrected chi connectivity index (χ4v) is 6.80. The van der Waals surface area contributed by atoms with Gasteiger partial charge in [-0.2, -0.15) is 34.0 Å². The highest BCUT2D eigenvalue weighted by atomic mass is 32.2. The number of anilines is 1. The van der Waals surface area contributed by atoms with Crippen molar-refractivity contribution in [3.63, 3.8) is 0 Å². The molecule has 7 rings (SSSR count). The summed E-state index contributed by atoms with van der Waals surface area (Å²) in [7, 11) is -2.97. The van der Waals surface area contributed by atoms with Gasteiger partial charge in [-0.25, -0.2) is 0 Å². The van der Waals surface area contributed by atoms with Gasteiger partial charge < -0.3 is 20.3 Å². The van der Waals surface area contributed by atoms with Crippen LogP contribution in [0.3, 0.4) is 0 Å². The van der Waals surface area contributed by atoms with E-state index in [4.69, 9.17) is 4.74 Å². The number of aryl methyl sites for hydroxylation is 2. The Labute approximate surface area is 351 Å². The maximum atomic E-state index is 11.7. The molecule has 0 saturated carbocycles. The third-order valence-corrected chi connectivity index (χ3v) is 10.3. The van der Waals surface area contributed by atoms with Crippen LogP contribution in [-0.4, -0.2) is 30.3 Å². The molecule has 0 aliphatic heterocycles. The fourth-order valence-electron chi connectivity index (χ4n) is 6.18. The Kier molecular flexibility index (Phi) is 12.7. The Morgan fingerprint density at radius 3 is 1.84 bits per heavy atom. The lowest BCUT2D eigenvalue weighted by Gasteiger charge is -2.10. The predicted molar refractivity (Wildman–Crippen MR) is 234 cm³/mol. The molecule has 0 bridgehead atoms. The van der Waals surface area contributed by atoms with Gasteiger partial charge in [-0.1, -0.05) is 48.5 Å². The van der Waals surface area contributed by atoms with Crippen molar-refractivity contribution >= 4 is 72.1 Å². The van der Waals surface area contributed by atoms with E-state index in [1.165, 1.54) is 25.3 Å². The van der Waals surface area contributed by atoms with E-state index in [-0.39, 0.29) is 28.6 Å². The number of aliphatic hydroxyl groups is 1. The number of fused-ring (bicyclic) bond motifs is 1. The maximum absolute atomic E-state index is 11.7. The van der Waals surface area contributed by atoms with E-state index >= 15 is 0 Å². The van der Waals surface area contributed by atoms with E-state index in [1.807, 2.05) is 49.4 Å². The molecular weight excluding hydrogens is 795 g/mol. The van der Waals surface area contributed by atoms with Crippen molar-refractivity contribution in [1.82, 2.24) is 0 Å². The lowest BCUT2D eigenvalue weighted by molar-refractivity contribution is 0.282. The zero-order valence-corrected chi connectivity index (χ0v) is 34.0. The standard InChI is InChI=1S/C45H39N9O6S/c1-28-21-35(15-19-37(28)49-47-34-16-20-38(29(2)22-34)50-51-39-11-7-8-12-44(39)61(57,58)59)48-53-41-25-43(60-3)42(24-32(41)27-55)54-52-40-18-13-31-23-33(14-17-36(31)45(40)56)46-26-30-9-5-4-6-10-30/h4-25,46,55-56H,26-27H2,1-3H3,(H,57,58,59). The van der Waals surface area contributed by atoms with Crippen molar-refractivity contribution in [1.29, 1.82) is 0 Å². The third kappa shape index (κ3) is 10.2. The van der Waals surface area contributed by atoms with Gasteiger partial charge in [0.1, 0.15) is 27.7 Å². The molecule has 4 N–H and O–H groups in total. The second-order valence-electron chi connectivity index (χ2n) is 13.7. The molecule has 0 aliphatic carbocycles. The molecule has 0 atom stereocenters. The number of benzene rings is 7. The lowest BCUT2D eigenvalue weighted by atomic mass is 10.1. The largest absolute Gasteiger partial charge is 0.505 e. The molecule has 61 heavy (non-hydrogen) atoms. The molecule has 0 heterocycles. The molecule has 0 aliphatic rings. The zero-order valence-electron chi connectivity index (χ0n) is 33.2. The van der Waals surface area contributed by atoms with E-state index in [0.717, 1.165) is 27.8 Å². The summed E-state index contributed by atoms with van der Waals surface area (Å²) in [5.74, 6) is 0.324. The van der Waals surface area contributed by atoms with Crippen LogP contribution >= 0.6 is 0 Å². The highest BCUT2D eigenvalue weighted by Crippen LogP contribution is 2.40. The molecule has 306 valence electrons. The van der Waals surface area contributed by atoms with Gasteiger partial charge in [-0.15, -0.1) is 15.3 Å². The first-order valence-corrected chi connectivity index (χ1v) is 20.2. The van der Waals surface area contributed by atoms with Crippen LogP contribution in [0.1, 0.15) is 22.3 Å². The Balaban J connectivity index is 1.02. The van der Waals surface area contributed by atoms with Crippen LogP contribution < -0.4 is 10.1 Å². The second-order valence-corrected chi connectivity index (χ2v) is 15.1. The molecule has 7 aromatic carbocycles. The van der Waals surface area contributed by atoms with Crippen molar-refractivity contribution in [3.8, 4) is 11.5 Å². The van der Waals surface area contributed by atoms with Gasteiger partial charge in [0.05, 0.1) is 42.2 Å². The first-order valence-electron chi connectivity index (χ1n) is 18.8. The molecule has 0 amide bonds. The normalized spacial score (nSPS) is 12.1. The molecule has 0 unspecified atom stereocenters. The number of hydrogen-bond donors (Lipinski definition) is 4. The molecule has 7 aromatic rings. The predicted octanol–water partition coefficient (Wildman–Crippen LogP) is 13.2. The van der Waals surface area contributed by atoms with Crippen LogP contribution in [0.2, 0.25) is 0 Å². The highest BCUT2D eigenvalue weighted by molar-refractivity contribution is 7.86. The summed E-state index contributed by atoms with van der Waals surface area (Å²) in [5.41, 5.74) is 7.18. The summed E-state index contributed by atoms with van der Waals surface area (Å²) in [6, 6.07) is 38.8. The highest BCUT2D eigenvalue weighted by Gasteiger charge is 2.15. The fraction of sp³-hybridized carbons (Fsp3) is 0.111. The third-order valence-electron chi connectivity index (χ3n) is 9.44. The smallest absolute Gasteiger partial charge is 0.296 e. The van der Waals surface area contributed by atoms with E-state index in [0.29, 0.717) is 57.4 Å². The summed E-state index contributed by atoms with van der Waals surface area (Å²) < 4.78 is 38.4. The average molecular weight is 834 g/mol. The van der Waals surface area contributed by atoms with Gasteiger partial charge in [-0.3, -0.25) is 4.55 Å². The molecule has 16 heteroatoms. The van der Waals surface area contributed by atoms with Gasteiger partial charge in [0.2, 0.25) is 0 Å². The number of hydrogen-bond acceptors (Lipinski definition) is 14. The number of nitrogens with zero attached hydrogens (tertiary/aromatic N) is 8. The minimum absolute atomic E-state index is 0.0132. The summed E-state index contributed by atoms with van der Waals surface area (Å²) in [5, 5.41) is 60.6. The van der Waals surface area contributed by atoms with Crippen LogP contribution in [0, 0.1) is 13.8 Å². The summed E-state index contributed by atoms with van der Waals surface area (Å²) >= 11 is 0. The van der Waals surface area contributed by atoms with Crippen molar-refractivity contribution in [2.45, 2.75) is 31.9 Å². The first kappa shape index (κ1) is 41.6. The number of aromatic hydroxyl groups is 1. The number of ether oxygens (including phenoxy) is 1. The van der Waals surface area contributed by atoms with Crippen molar-refractivity contribution < 1.29 is 27.9 Å². The lowest BCUT2D eigenvalue weighted by Crippen LogP contribution is -1.98. The van der Waals surface area contributed by atoms with Crippen molar-refractivity contribution in [2.24, 2.45) is 40.9 Å². The summed E-state index contributed by atoms with van der Waals surface area (Å²) in [6.07, 6.45) is 0.